The third-order valence-corrected chi connectivity index (χ3v) is 6.16. The number of carbonyl (C=O) groups is 2. The molecular weight excluding hydrogens is 374 g/mol. The molecule has 0 bridgehead atoms. The van der Waals surface area contributed by atoms with Gasteiger partial charge >= 0.3 is 0 Å². The summed E-state index contributed by atoms with van der Waals surface area (Å²) in [4.78, 5) is 29.2. The Bertz CT molecular complexity index is 868. The lowest BCUT2D eigenvalue weighted by Crippen LogP contribution is -2.48. The summed E-state index contributed by atoms with van der Waals surface area (Å²) in [5.74, 6) is 0.0931. The van der Waals surface area contributed by atoms with Crippen molar-refractivity contribution >= 4 is 11.8 Å². The molecule has 0 radical (unpaired) electrons. The van der Waals surface area contributed by atoms with Gasteiger partial charge in [0, 0.05) is 37.7 Å². The highest BCUT2D eigenvalue weighted by molar-refractivity contribution is 5.98. The van der Waals surface area contributed by atoms with Crippen molar-refractivity contribution in [3.8, 4) is 0 Å². The second-order valence-corrected chi connectivity index (χ2v) is 8.43. The number of likely N-dealkylation sites (tertiary alicyclic amines) is 1. The molecule has 1 N–H and O–H groups in total. The molecular formula is C25H31N3O2. The lowest BCUT2D eigenvalue weighted by Gasteiger charge is -2.33. The Morgan fingerprint density at radius 3 is 2.67 bits per heavy atom. The van der Waals surface area contributed by atoms with Crippen LogP contribution in [0.1, 0.15) is 47.2 Å². The number of nitrogens with zero attached hydrogens (tertiary/aromatic N) is 2. The summed E-state index contributed by atoms with van der Waals surface area (Å²) in [7, 11) is 0. The van der Waals surface area contributed by atoms with Gasteiger partial charge in [0.2, 0.25) is 5.91 Å². The summed E-state index contributed by atoms with van der Waals surface area (Å²) in [6, 6.07) is 18.5. The van der Waals surface area contributed by atoms with Gasteiger partial charge in [-0.2, -0.15) is 0 Å². The van der Waals surface area contributed by atoms with E-state index in [1.165, 1.54) is 5.56 Å². The molecule has 2 aliphatic heterocycles. The first-order chi connectivity index (χ1) is 14.7. The first-order valence-electron chi connectivity index (χ1n) is 11.1. The van der Waals surface area contributed by atoms with Crippen LogP contribution in [0.15, 0.2) is 54.6 Å². The Hall–Kier alpha value is -2.66. The maximum atomic E-state index is 12.5. The van der Waals surface area contributed by atoms with Crippen molar-refractivity contribution in [1.82, 2.24) is 15.1 Å². The van der Waals surface area contributed by atoms with Crippen molar-refractivity contribution in [2.75, 3.05) is 26.2 Å². The Balaban J connectivity index is 1.17. The van der Waals surface area contributed by atoms with E-state index in [2.05, 4.69) is 40.5 Å². The average Bonchev–Trinajstić information content (AvgIpc) is 3.09. The number of benzene rings is 2. The molecule has 4 rings (SSSR count). The number of fused-ring (bicyclic) bond motifs is 1. The maximum absolute atomic E-state index is 12.5. The minimum Gasteiger partial charge on any atom is -0.352 e. The van der Waals surface area contributed by atoms with E-state index in [-0.39, 0.29) is 17.9 Å². The Morgan fingerprint density at radius 1 is 1.03 bits per heavy atom. The van der Waals surface area contributed by atoms with Crippen molar-refractivity contribution in [2.45, 2.75) is 44.7 Å². The van der Waals surface area contributed by atoms with Crippen molar-refractivity contribution in [3.63, 3.8) is 0 Å². The minimum atomic E-state index is 0.0423. The molecule has 2 aliphatic rings. The highest BCUT2D eigenvalue weighted by atomic mass is 16.2. The van der Waals surface area contributed by atoms with Crippen LogP contribution in [0.4, 0.5) is 0 Å². The van der Waals surface area contributed by atoms with Gasteiger partial charge in [-0.3, -0.25) is 9.59 Å². The highest BCUT2D eigenvalue weighted by Crippen LogP contribution is 2.22. The zero-order valence-electron chi connectivity index (χ0n) is 17.6. The van der Waals surface area contributed by atoms with Crippen LogP contribution in [0, 0.1) is 0 Å². The predicted molar refractivity (Wildman–Crippen MR) is 118 cm³/mol. The molecule has 0 unspecified atom stereocenters. The van der Waals surface area contributed by atoms with Crippen LogP contribution in [-0.4, -0.2) is 53.8 Å². The number of amides is 2. The van der Waals surface area contributed by atoms with Crippen LogP contribution in [0.25, 0.3) is 0 Å². The fraction of sp³-hybridized carbons (Fsp3) is 0.440. The number of nitrogens with one attached hydrogen (secondary N) is 1. The van der Waals surface area contributed by atoms with E-state index in [4.69, 9.17) is 0 Å². The SMILES string of the molecule is O=C(CCN1Cc2ccccc2C1=O)N[C@@H]1CCCN(CCCc2ccccc2)C1. The summed E-state index contributed by atoms with van der Waals surface area (Å²) in [5, 5.41) is 3.20. The summed E-state index contributed by atoms with van der Waals surface area (Å²) in [5.41, 5.74) is 3.22. The van der Waals surface area contributed by atoms with Gasteiger partial charge in [-0.1, -0.05) is 48.5 Å². The van der Waals surface area contributed by atoms with Crippen molar-refractivity contribution < 1.29 is 9.59 Å². The van der Waals surface area contributed by atoms with Crippen molar-refractivity contribution in [3.05, 3.63) is 71.3 Å². The molecule has 30 heavy (non-hydrogen) atoms. The second-order valence-electron chi connectivity index (χ2n) is 8.43. The van der Waals surface area contributed by atoms with Gasteiger partial charge in [0.25, 0.3) is 5.91 Å². The number of carbonyl (C=O) groups excluding carboxylic acids is 2. The van der Waals surface area contributed by atoms with Gasteiger partial charge in [-0.25, -0.2) is 0 Å². The predicted octanol–water partition coefficient (Wildman–Crippen LogP) is 3.25. The van der Waals surface area contributed by atoms with E-state index in [1.54, 1.807) is 4.90 Å². The lowest BCUT2D eigenvalue weighted by atomic mass is 10.0. The molecule has 0 aliphatic carbocycles. The number of hydrogen-bond donors (Lipinski definition) is 1. The molecule has 2 aromatic carbocycles. The van der Waals surface area contributed by atoms with E-state index in [0.717, 1.165) is 56.4 Å². The van der Waals surface area contributed by atoms with Gasteiger partial charge in [-0.05, 0) is 56.0 Å². The number of rotatable bonds is 8. The van der Waals surface area contributed by atoms with E-state index in [9.17, 15) is 9.59 Å². The van der Waals surface area contributed by atoms with Crippen LogP contribution >= 0.6 is 0 Å². The van der Waals surface area contributed by atoms with E-state index in [1.807, 2.05) is 24.3 Å². The molecule has 0 saturated carbocycles. The van der Waals surface area contributed by atoms with E-state index in [0.29, 0.717) is 19.5 Å². The molecule has 158 valence electrons. The first-order valence-corrected chi connectivity index (χ1v) is 11.1. The Kier molecular flexibility index (Phi) is 6.80. The largest absolute Gasteiger partial charge is 0.352 e. The maximum Gasteiger partial charge on any atom is 0.254 e. The van der Waals surface area contributed by atoms with Gasteiger partial charge in [-0.15, -0.1) is 0 Å². The highest BCUT2D eigenvalue weighted by Gasteiger charge is 2.27. The third kappa shape index (κ3) is 5.28. The van der Waals surface area contributed by atoms with Crippen molar-refractivity contribution in [2.24, 2.45) is 0 Å². The molecule has 2 heterocycles. The lowest BCUT2D eigenvalue weighted by molar-refractivity contribution is -0.122. The number of hydrogen-bond acceptors (Lipinski definition) is 3. The summed E-state index contributed by atoms with van der Waals surface area (Å²) in [6.07, 6.45) is 4.76. The van der Waals surface area contributed by atoms with Gasteiger partial charge in [0.05, 0.1) is 0 Å². The Morgan fingerprint density at radius 2 is 1.83 bits per heavy atom. The molecule has 0 aromatic heterocycles. The molecule has 5 nitrogen and oxygen atoms in total. The quantitative estimate of drug-likeness (QED) is 0.734. The molecule has 2 aromatic rings. The van der Waals surface area contributed by atoms with Gasteiger partial charge in [0.15, 0.2) is 0 Å². The first kappa shape index (κ1) is 20.6. The monoisotopic (exact) mass is 405 g/mol. The zero-order valence-corrected chi connectivity index (χ0v) is 17.6. The van der Waals surface area contributed by atoms with Crippen LogP contribution in [0.5, 0.6) is 0 Å². The minimum absolute atomic E-state index is 0.0423. The smallest absolute Gasteiger partial charge is 0.254 e. The summed E-state index contributed by atoms with van der Waals surface area (Å²) >= 11 is 0. The van der Waals surface area contributed by atoms with Crippen LogP contribution in [0.2, 0.25) is 0 Å². The van der Waals surface area contributed by atoms with E-state index >= 15 is 0 Å². The molecule has 1 saturated heterocycles. The summed E-state index contributed by atoms with van der Waals surface area (Å²) in [6.45, 7) is 4.20. The second kappa shape index (κ2) is 9.90. The Labute approximate surface area is 179 Å². The third-order valence-electron chi connectivity index (χ3n) is 6.16. The van der Waals surface area contributed by atoms with Crippen LogP contribution in [0.3, 0.4) is 0 Å². The topological polar surface area (TPSA) is 52.7 Å². The molecule has 5 heteroatoms. The van der Waals surface area contributed by atoms with Crippen molar-refractivity contribution in [1.29, 1.82) is 0 Å². The molecule has 1 fully saturated rings. The molecule has 2 amide bonds. The fourth-order valence-electron chi connectivity index (χ4n) is 4.56. The normalized spacial score (nSPS) is 19.0. The van der Waals surface area contributed by atoms with Crippen LogP contribution < -0.4 is 5.32 Å². The van der Waals surface area contributed by atoms with Gasteiger partial charge < -0.3 is 15.1 Å². The fourth-order valence-corrected chi connectivity index (χ4v) is 4.56. The summed E-state index contributed by atoms with van der Waals surface area (Å²) < 4.78 is 0. The van der Waals surface area contributed by atoms with Crippen LogP contribution in [-0.2, 0) is 17.8 Å². The molecule has 1 atom stereocenters. The number of aryl methyl sites for hydroxylation is 1. The van der Waals surface area contributed by atoms with E-state index < -0.39 is 0 Å². The van der Waals surface area contributed by atoms with Gasteiger partial charge in [0.1, 0.15) is 0 Å². The average molecular weight is 406 g/mol. The zero-order chi connectivity index (χ0) is 20.8. The standard InChI is InChI=1S/C25H31N3O2/c29-24(14-17-28-18-21-11-4-5-13-23(21)25(28)30)26-22-12-7-16-27(19-22)15-6-10-20-8-2-1-3-9-20/h1-5,8-9,11,13,22H,6-7,10,12,14-19H2,(H,26,29)/t22-/m1/s1. The number of piperidine rings is 1. The molecule has 0 spiro atoms.